The first-order valence-electron chi connectivity index (χ1n) is 6.23. The van der Waals surface area contributed by atoms with Crippen molar-refractivity contribution < 1.29 is 9.13 Å². The van der Waals surface area contributed by atoms with Gasteiger partial charge in [-0.15, -0.1) is 12.4 Å². The standard InChI is InChI=1S/C15H16FN3O.ClH/c1-11-2-4-13(5-3-11)15-18-8-14(9-19-15)20-10-12(6-16)7-17;/h2-6,8-9H,7,10,17H2,1H3;1H/b12-6-;. The van der Waals surface area contributed by atoms with E-state index in [0.29, 0.717) is 23.5 Å². The van der Waals surface area contributed by atoms with Gasteiger partial charge in [0, 0.05) is 17.7 Å². The maximum atomic E-state index is 12.3. The molecule has 0 aliphatic heterocycles. The zero-order valence-corrected chi connectivity index (χ0v) is 12.4. The van der Waals surface area contributed by atoms with Crippen molar-refractivity contribution in [1.29, 1.82) is 0 Å². The molecule has 4 nitrogen and oxygen atoms in total. The zero-order valence-electron chi connectivity index (χ0n) is 11.6. The van der Waals surface area contributed by atoms with Gasteiger partial charge in [0.15, 0.2) is 11.6 Å². The number of nitrogens with two attached hydrogens (primary N) is 1. The molecule has 0 aliphatic carbocycles. The zero-order chi connectivity index (χ0) is 14.4. The van der Waals surface area contributed by atoms with Crippen LogP contribution in [0.5, 0.6) is 5.75 Å². The number of rotatable bonds is 5. The van der Waals surface area contributed by atoms with Crippen LogP contribution in [0.2, 0.25) is 0 Å². The minimum absolute atomic E-state index is 0. The molecule has 1 aromatic heterocycles. The first-order valence-corrected chi connectivity index (χ1v) is 6.23. The number of aromatic nitrogens is 2. The Morgan fingerprint density at radius 2 is 1.86 bits per heavy atom. The molecule has 2 N–H and O–H groups in total. The second kappa shape index (κ2) is 8.34. The first-order chi connectivity index (χ1) is 9.72. The predicted octanol–water partition coefficient (Wildman–Crippen LogP) is 3.06. The van der Waals surface area contributed by atoms with Gasteiger partial charge in [0.05, 0.1) is 18.7 Å². The summed E-state index contributed by atoms with van der Waals surface area (Å²) in [5, 5.41) is 0. The topological polar surface area (TPSA) is 61.0 Å². The van der Waals surface area contributed by atoms with E-state index in [9.17, 15) is 4.39 Å². The van der Waals surface area contributed by atoms with Crippen molar-refractivity contribution in [2.45, 2.75) is 6.92 Å². The van der Waals surface area contributed by atoms with Gasteiger partial charge in [0.2, 0.25) is 0 Å². The van der Waals surface area contributed by atoms with Gasteiger partial charge in [-0.3, -0.25) is 0 Å². The molecule has 2 aromatic rings. The fourth-order valence-electron chi connectivity index (χ4n) is 1.55. The lowest BCUT2D eigenvalue weighted by atomic mass is 10.1. The summed E-state index contributed by atoms with van der Waals surface area (Å²) in [6, 6.07) is 7.93. The largest absolute Gasteiger partial charge is 0.486 e. The van der Waals surface area contributed by atoms with Gasteiger partial charge in [-0.1, -0.05) is 29.8 Å². The molecule has 0 saturated heterocycles. The maximum Gasteiger partial charge on any atom is 0.159 e. The van der Waals surface area contributed by atoms with Gasteiger partial charge >= 0.3 is 0 Å². The smallest absolute Gasteiger partial charge is 0.159 e. The summed E-state index contributed by atoms with van der Waals surface area (Å²) in [4.78, 5) is 8.46. The van der Waals surface area contributed by atoms with Gasteiger partial charge in [-0.2, -0.15) is 0 Å². The van der Waals surface area contributed by atoms with Crippen LogP contribution in [0.25, 0.3) is 11.4 Å². The Hall–Kier alpha value is -1.98. The SMILES string of the molecule is Cc1ccc(-c2ncc(OC/C(=C\F)CN)cn2)cc1.Cl. The van der Waals surface area contributed by atoms with E-state index < -0.39 is 0 Å². The molecule has 1 heterocycles. The molecule has 0 spiro atoms. The third kappa shape index (κ3) is 4.81. The van der Waals surface area contributed by atoms with Crippen molar-refractivity contribution in [2.75, 3.05) is 13.2 Å². The Bertz CT molecular complexity index is 585. The molecule has 2 rings (SSSR count). The highest BCUT2D eigenvalue weighted by atomic mass is 35.5. The first kappa shape index (κ1) is 17.1. The number of ether oxygens (including phenoxy) is 1. The molecule has 0 saturated carbocycles. The monoisotopic (exact) mass is 309 g/mol. The van der Waals surface area contributed by atoms with E-state index in [0.717, 1.165) is 5.56 Å². The second-order valence-electron chi connectivity index (χ2n) is 4.37. The van der Waals surface area contributed by atoms with Crippen molar-refractivity contribution >= 4 is 12.4 Å². The van der Waals surface area contributed by atoms with Crippen LogP contribution in [-0.4, -0.2) is 23.1 Å². The summed E-state index contributed by atoms with van der Waals surface area (Å²) in [5.41, 5.74) is 7.84. The third-order valence-electron chi connectivity index (χ3n) is 2.78. The summed E-state index contributed by atoms with van der Waals surface area (Å²) in [7, 11) is 0. The van der Waals surface area contributed by atoms with E-state index in [1.165, 1.54) is 5.56 Å². The molecular formula is C15H17ClFN3O. The number of nitrogens with zero attached hydrogens (tertiary/aromatic N) is 2. The Labute approximate surface area is 129 Å². The lowest BCUT2D eigenvalue weighted by Crippen LogP contribution is -2.11. The fraction of sp³-hybridized carbons (Fsp3) is 0.200. The molecular weight excluding hydrogens is 293 g/mol. The Kier molecular flexibility index (Phi) is 6.78. The Morgan fingerprint density at radius 1 is 1.24 bits per heavy atom. The van der Waals surface area contributed by atoms with E-state index in [2.05, 4.69) is 9.97 Å². The summed E-state index contributed by atoms with van der Waals surface area (Å²) in [6.07, 6.45) is 3.59. The number of aryl methyl sites for hydroxylation is 1. The van der Waals surface area contributed by atoms with Gasteiger partial charge in [0.1, 0.15) is 6.61 Å². The summed E-state index contributed by atoms with van der Waals surface area (Å²) < 4.78 is 17.7. The van der Waals surface area contributed by atoms with E-state index in [1.54, 1.807) is 12.4 Å². The van der Waals surface area contributed by atoms with E-state index in [-0.39, 0.29) is 25.6 Å². The summed E-state index contributed by atoms with van der Waals surface area (Å²) in [5.74, 6) is 1.10. The van der Waals surface area contributed by atoms with Crippen LogP contribution in [0, 0.1) is 6.92 Å². The van der Waals surface area contributed by atoms with Crippen LogP contribution in [0.3, 0.4) is 0 Å². The number of benzene rings is 1. The lowest BCUT2D eigenvalue weighted by Gasteiger charge is -2.07. The van der Waals surface area contributed by atoms with Crippen molar-refractivity contribution in [1.82, 2.24) is 9.97 Å². The Morgan fingerprint density at radius 3 is 2.38 bits per heavy atom. The van der Waals surface area contributed by atoms with Crippen LogP contribution in [0.15, 0.2) is 48.6 Å². The van der Waals surface area contributed by atoms with Gasteiger partial charge in [0.25, 0.3) is 0 Å². The normalized spacial score (nSPS) is 10.9. The van der Waals surface area contributed by atoms with Crippen molar-refractivity contribution in [2.24, 2.45) is 5.73 Å². The molecule has 1 aromatic carbocycles. The molecule has 0 amide bonds. The van der Waals surface area contributed by atoms with Crippen molar-refractivity contribution in [3.63, 3.8) is 0 Å². The summed E-state index contributed by atoms with van der Waals surface area (Å²) in [6.45, 7) is 2.24. The molecule has 0 bridgehead atoms. The highest BCUT2D eigenvalue weighted by Crippen LogP contribution is 2.17. The molecule has 0 atom stereocenters. The van der Waals surface area contributed by atoms with E-state index in [1.807, 2.05) is 31.2 Å². The van der Waals surface area contributed by atoms with Gasteiger partial charge in [-0.05, 0) is 6.92 Å². The van der Waals surface area contributed by atoms with Crippen molar-refractivity contribution in [3.05, 3.63) is 54.1 Å². The second-order valence-corrected chi connectivity index (χ2v) is 4.37. The molecule has 0 unspecified atom stereocenters. The minimum atomic E-state index is 0. The summed E-state index contributed by atoms with van der Waals surface area (Å²) >= 11 is 0. The molecule has 6 heteroatoms. The van der Waals surface area contributed by atoms with Gasteiger partial charge < -0.3 is 10.5 Å². The van der Waals surface area contributed by atoms with E-state index >= 15 is 0 Å². The molecule has 0 radical (unpaired) electrons. The molecule has 0 fully saturated rings. The third-order valence-corrected chi connectivity index (χ3v) is 2.78. The average Bonchev–Trinajstić information content (AvgIpc) is 2.50. The highest BCUT2D eigenvalue weighted by Gasteiger charge is 2.03. The molecule has 112 valence electrons. The van der Waals surface area contributed by atoms with Crippen LogP contribution in [0.4, 0.5) is 4.39 Å². The average molecular weight is 310 g/mol. The molecule has 21 heavy (non-hydrogen) atoms. The number of hydrogen-bond donors (Lipinski definition) is 1. The van der Waals surface area contributed by atoms with Crippen LogP contribution in [0.1, 0.15) is 5.56 Å². The van der Waals surface area contributed by atoms with E-state index in [4.69, 9.17) is 10.5 Å². The Balaban J connectivity index is 0.00000220. The van der Waals surface area contributed by atoms with Gasteiger partial charge in [-0.25, -0.2) is 14.4 Å². The number of hydrogen-bond acceptors (Lipinski definition) is 4. The van der Waals surface area contributed by atoms with Crippen LogP contribution < -0.4 is 10.5 Å². The maximum absolute atomic E-state index is 12.3. The van der Waals surface area contributed by atoms with Crippen LogP contribution >= 0.6 is 12.4 Å². The van der Waals surface area contributed by atoms with Crippen LogP contribution in [-0.2, 0) is 0 Å². The fourth-order valence-corrected chi connectivity index (χ4v) is 1.55. The predicted molar refractivity (Wildman–Crippen MR) is 83.2 cm³/mol. The minimum Gasteiger partial charge on any atom is -0.486 e. The lowest BCUT2D eigenvalue weighted by molar-refractivity contribution is 0.344. The number of halogens is 2. The van der Waals surface area contributed by atoms with Crippen molar-refractivity contribution in [3.8, 4) is 17.1 Å². The quantitative estimate of drug-likeness (QED) is 0.922. The highest BCUT2D eigenvalue weighted by molar-refractivity contribution is 5.85. The molecule has 0 aliphatic rings.